The molecule has 5 aromatic carbocycles. The average Bonchev–Trinajstić information content (AvgIpc) is 3.27. The Balaban J connectivity index is 1.53. The molecule has 0 bridgehead atoms. The minimum atomic E-state index is 0.907. The van der Waals surface area contributed by atoms with E-state index in [2.05, 4.69) is 143 Å². The lowest BCUT2D eigenvalue weighted by molar-refractivity contribution is 1.13. The molecule has 0 saturated carbocycles. The van der Waals surface area contributed by atoms with Gasteiger partial charge in [0.25, 0.3) is 0 Å². The molecular formula is C35H23N3. The Labute approximate surface area is 220 Å². The van der Waals surface area contributed by atoms with Gasteiger partial charge in [0, 0.05) is 33.2 Å². The summed E-state index contributed by atoms with van der Waals surface area (Å²) >= 11 is 0. The number of para-hydroxylation sites is 5. The van der Waals surface area contributed by atoms with Crippen molar-refractivity contribution in [2.45, 2.75) is 0 Å². The van der Waals surface area contributed by atoms with Crippen LogP contribution in [0.15, 0.2) is 140 Å². The van der Waals surface area contributed by atoms with Gasteiger partial charge in [0.1, 0.15) is 5.82 Å². The molecule has 0 radical (unpaired) electrons. The zero-order valence-corrected chi connectivity index (χ0v) is 20.6. The molecule has 0 aliphatic carbocycles. The van der Waals surface area contributed by atoms with Crippen LogP contribution in [0.5, 0.6) is 0 Å². The lowest BCUT2D eigenvalue weighted by Crippen LogP contribution is -2.12. The van der Waals surface area contributed by atoms with E-state index in [1.165, 1.54) is 33.3 Å². The summed E-state index contributed by atoms with van der Waals surface area (Å²) in [5.74, 6) is 0.907. The van der Waals surface area contributed by atoms with Crippen molar-refractivity contribution in [1.82, 2.24) is 9.55 Å². The van der Waals surface area contributed by atoms with Crippen molar-refractivity contribution in [3.8, 4) is 28.1 Å². The Kier molecular flexibility index (Phi) is 4.52. The highest BCUT2D eigenvalue weighted by molar-refractivity contribution is 6.12. The van der Waals surface area contributed by atoms with Crippen LogP contribution in [-0.2, 0) is 0 Å². The van der Waals surface area contributed by atoms with Gasteiger partial charge in [-0.05, 0) is 48.5 Å². The van der Waals surface area contributed by atoms with Crippen LogP contribution < -0.4 is 4.90 Å². The number of pyridine rings is 1. The second-order valence-electron chi connectivity index (χ2n) is 9.64. The molecule has 3 nitrogen and oxygen atoms in total. The topological polar surface area (TPSA) is 21.1 Å². The lowest BCUT2D eigenvalue weighted by atomic mass is 9.98. The number of aromatic nitrogens is 2. The summed E-state index contributed by atoms with van der Waals surface area (Å²) in [7, 11) is 0. The molecule has 0 amide bonds. The molecule has 0 atom stereocenters. The molecule has 2 aromatic heterocycles. The third-order valence-electron chi connectivity index (χ3n) is 7.52. The van der Waals surface area contributed by atoms with Crippen molar-refractivity contribution >= 4 is 39.0 Å². The fraction of sp³-hybridized carbons (Fsp3) is 0. The maximum atomic E-state index is 5.15. The van der Waals surface area contributed by atoms with Crippen LogP contribution in [0.1, 0.15) is 0 Å². The van der Waals surface area contributed by atoms with Crippen molar-refractivity contribution in [3.05, 3.63) is 140 Å². The summed E-state index contributed by atoms with van der Waals surface area (Å²) in [4.78, 5) is 7.47. The molecule has 1 aliphatic rings. The number of benzene rings is 5. The van der Waals surface area contributed by atoms with Gasteiger partial charge in [0.15, 0.2) is 0 Å². The molecule has 8 rings (SSSR count). The Morgan fingerprint density at radius 2 is 1.16 bits per heavy atom. The van der Waals surface area contributed by atoms with E-state index in [9.17, 15) is 0 Å². The van der Waals surface area contributed by atoms with Gasteiger partial charge in [-0.15, -0.1) is 0 Å². The average molecular weight is 486 g/mol. The fourth-order valence-electron chi connectivity index (χ4n) is 5.92. The minimum Gasteiger partial charge on any atom is -0.309 e. The van der Waals surface area contributed by atoms with E-state index < -0.39 is 0 Å². The molecule has 0 N–H and O–H groups in total. The standard InChI is InChI=1S/C35H23N3/c1-2-13-25(14-3-1)37-30-19-9-5-15-26(30)34-27-16-6-10-20-31(27)38(32-21-11-7-17-28(32)35(34)37)33-23-22-24-12-4-8-18-29(24)36-33/h1-23H. The van der Waals surface area contributed by atoms with Gasteiger partial charge < -0.3 is 4.57 Å². The summed E-state index contributed by atoms with van der Waals surface area (Å²) in [6, 6.07) is 49.5. The number of hydrogen-bond acceptors (Lipinski definition) is 2. The highest BCUT2D eigenvalue weighted by atomic mass is 15.2. The molecule has 3 heteroatoms. The third-order valence-corrected chi connectivity index (χ3v) is 7.52. The molecule has 0 fully saturated rings. The van der Waals surface area contributed by atoms with Crippen molar-refractivity contribution in [1.29, 1.82) is 0 Å². The van der Waals surface area contributed by atoms with Gasteiger partial charge in [-0.1, -0.05) is 91.0 Å². The summed E-state index contributed by atoms with van der Waals surface area (Å²) in [5, 5.41) is 2.37. The Morgan fingerprint density at radius 3 is 2.03 bits per heavy atom. The van der Waals surface area contributed by atoms with E-state index in [1.54, 1.807) is 0 Å². The summed E-state index contributed by atoms with van der Waals surface area (Å²) in [6.07, 6.45) is 0. The quantitative estimate of drug-likeness (QED) is 0.243. The highest BCUT2D eigenvalue weighted by Crippen LogP contribution is 2.53. The first-order chi connectivity index (χ1) is 18.9. The molecule has 0 saturated heterocycles. The van der Waals surface area contributed by atoms with Crippen molar-refractivity contribution in [3.63, 3.8) is 0 Å². The van der Waals surface area contributed by atoms with Gasteiger partial charge in [0.2, 0.25) is 0 Å². The number of anilines is 3. The van der Waals surface area contributed by atoms with E-state index in [-0.39, 0.29) is 0 Å². The lowest BCUT2D eigenvalue weighted by Gasteiger charge is -2.26. The number of fused-ring (bicyclic) bond motifs is 8. The highest BCUT2D eigenvalue weighted by Gasteiger charge is 2.31. The van der Waals surface area contributed by atoms with E-state index in [1.807, 2.05) is 6.07 Å². The van der Waals surface area contributed by atoms with Crippen LogP contribution in [0.2, 0.25) is 0 Å². The largest absolute Gasteiger partial charge is 0.309 e. The maximum absolute atomic E-state index is 5.15. The van der Waals surface area contributed by atoms with Crippen LogP contribution in [0.4, 0.5) is 17.2 Å². The monoisotopic (exact) mass is 485 g/mol. The Morgan fingerprint density at radius 1 is 0.500 bits per heavy atom. The molecule has 7 aromatic rings. The predicted octanol–water partition coefficient (Wildman–Crippen LogP) is 9.30. The second kappa shape index (κ2) is 8.19. The van der Waals surface area contributed by atoms with Gasteiger partial charge in [-0.2, -0.15) is 0 Å². The van der Waals surface area contributed by atoms with Crippen LogP contribution in [0, 0.1) is 0 Å². The van der Waals surface area contributed by atoms with E-state index in [0.717, 1.165) is 33.8 Å². The number of hydrogen-bond donors (Lipinski definition) is 0. The predicted molar refractivity (Wildman–Crippen MR) is 158 cm³/mol. The van der Waals surface area contributed by atoms with E-state index in [0.29, 0.717) is 0 Å². The Hall–Kier alpha value is -5.15. The first kappa shape index (κ1) is 21.0. The number of rotatable bonds is 2. The molecule has 0 spiro atoms. The van der Waals surface area contributed by atoms with Crippen molar-refractivity contribution in [2.75, 3.05) is 4.90 Å². The molecule has 1 aliphatic heterocycles. The van der Waals surface area contributed by atoms with Crippen LogP contribution in [-0.4, -0.2) is 9.55 Å². The van der Waals surface area contributed by atoms with Crippen LogP contribution in [0.25, 0.3) is 49.9 Å². The van der Waals surface area contributed by atoms with E-state index >= 15 is 0 Å². The smallest absolute Gasteiger partial charge is 0.138 e. The van der Waals surface area contributed by atoms with Crippen molar-refractivity contribution < 1.29 is 0 Å². The van der Waals surface area contributed by atoms with Crippen molar-refractivity contribution in [2.24, 2.45) is 0 Å². The molecule has 178 valence electrons. The second-order valence-corrected chi connectivity index (χ2v) is 9.64. The first-order valence-corrected chi connectivity index (χ1v) is 12.9. The zero-order chi connectivity index (χ0) is 25.1. The van der Waals surface area contributed by atoms with Gasteiger partial charge in [-0.3, -0.25) is 4.90 Å². The van der Waals surface area contributed by atoms with Gasteiger partial charge in [0.05, 0.1) is 28.1 Å². The summed E-state index contributed by atoms with van der Waals surface area (Å²) < 4.78 is 2.41. The summed E-state index contributed by atoms with van der Waals surface area (Å²) in [6.45, 7) is 0. The fourth-order valence-corrected chi connectivity index (χ4v) is 5.92. The van der Waals surface area contributed by atoms with Gasteiger partial charge in [-0.25, -0.2) is 4.98 Å². The van der Waals surface area contributed by atoms with Gasteiger partial charge >= 0.3 is 0 Å². The minimum absolute atomic E-state index is 0.907. The molecule has 0 unspecified atom stereocenters. The van der Waals surface area contributed by atoms with Crippen LogP contribution in [0.3, 0.4) is 0 Å². The summed E-state index contributed by atoms with van der Waals surface area (Å²) in [5.41, 5.74) is 10.4. The maximum Gasteiger partial charge on any atom is 0.138 e. The van der Waals surface area contributed by atoms with E-state index in [4.69, 9.17) is 4.98 Å². The molecule has 38 heavy (non-hydrogen) atoms. The molecule has 3 heterocycles. The zero-order valence-electron chi connectivity index (χ0n) is 20.6. The SMILES string of the molecule is c1ccc(-n2c3c(c4ccccc42)-c2ccccc2N(c2ccc4ccccc4n2)c2ccccc2-3)cc1. The third kappa shape index (κ3) is 2.99. The number of nitrogens with zero attached hydrogens (tertiary/aromatic N) is 3. The molecular weight excluding hydrogens is 462 g/mol. The first-order valence-electron chi connectivity index (χ1n) is 12.9. The van der Waals surface area contributed by atoms with Crippen LogP contribution >= 0.6 is 0 Å². The Bertz CT molecular complexity index is 1980. The normalized spacial score (nSPS) is 12.2.